The van der Waals surface area contributed by atoms with Gasteiger partial charge in [0.25, 0.3) is 5.91 Å². The molecule has 3 rings (SSSR count). The number of nitrogens with zero attached hydrogens (tertiary/aromatic N) is 2. The molecule has 0 radical (unpaired) electrons. The van der Waals surface area contributed by atoms with Gasteiger partial charge in [-0.25, -0.2) is 8.78 Å². The van der Waals surface area contributed by atoms with Crippen molar-refractivity contribution in [1.82, 2.24) is 9.47 Å². The predicted molar refractivity (Wildman–Crippen MR) is 101 cm³/mol. The number of amides is 1. The molecule has 0 aliphatic carbocycles. The molecule has 27 heavy (non-hydrogen) atoms. The number of thiazole rings is 1. The lowest BCUT2D eigenvalue weighted by molar-refractivity contribution is 0.0788. The number of benzene rings is 2. The fourth-order valence-electron chi connectivity index (χ4n) is 2.76. The number of halogens is 2. The first-order valence-corrected chi connectivity index (χ1v) is 9.12. The van der Waals surface area contributed by atoms with Crippen LogP contribution in [0.25, 0.3) is 0 Å². The maximum Gasteiger partial charge on any atom is 0.308 e. The molecule has 0 spiro atoms. The lowest BCUT2D eigenvalue weighted by Crippen LogP contribution is -2.26. The Kier molecular flexibility index (Phi) is 5.51. The third-order valence-corrected chi connectivity index (χ3v) is 5.37. The largest absolute Gasteiger partial charge is 0.337 e. The van der Waals surface area contributed by atoms with Gasteiger partial charge in [0.1, 0.15) is 16.5 Å². The zero-order chi connectivity index (χ0) is 19.6. The second-order valence-corrected chi connectivity index (χ2v) is 7.21. The van der Waals surface area contributed by atoms with Crippen molar-refractivity contribution in [1.29, 1.82) is 0 Å². The highest BCUT2D eigenvalue weighted by molar-refractivity contribution is 7.11. The van der Waals surface area contributed by atoms with E-state index in [2.05, 4.69) is 0 Å². The van der Waals surface area contributed by atoms with Crippen molar-refractivity contribution in [2.45, 2.75) is 20.0 Å². The van der Waals surface area contributed by atoms with Gasteiger partial charge in [0.05, 0.1) is 6.54 Å². The molecule has 0 N–H and O–H groups in total. The minimum Gasteiger partial charge on any atom is -0.337 e. The van der Waals surface area contributed by atoms with Crippen LogP contribution in [0.2, 0.25) is 0 Å². The minimum absolute atomic E-state index is 0.0722. The number of hydrogen-bond acceptors (Lipinski definition) is 3. The van der Waals surface area contributed by atoms with Crippen molar-refractivity contribution in [2.24, 2.45) is 0 Å². The van der Waals surface area contributed by atoms with E-state index in [0.29, 0.717) is 16.1 Å². The Morgan fingerprint density at radius 1 is 1.11 bits per heavy atom. The van der Waals surface area contributed by atoms with E-state index in [1.807, 2.05) is 0 Å². The van der Waals surface area contributed by atoms with Crippen molar-refractivity contribution in [3.05, 3.63) is 91.5 Å². The van der Waals surface area contributed by atoms with Gasteiger partial charge in [-0.2, -0.15) is 0 Å². The molecular weight excluding hydrogens is 370 g/mol. The van der Waals surface area contributed by atoms with Gasteiger partial charge in [-0.05, 0) is 30.7 Å². The molecule has 0 atom stereocenters. The SMILES string of the molecule is Cc1c(C(=O)N(C)Cc2ccc(F)cc2)sc(=O)n1Cc1ccccc1F. The summed E-state index contributed by atoms with van der Waals surface area (Å²) in [6, 6.07) is 12.1. The van der Waals surface area contributed by atoms with Gasteiger partial charge in [0.2, 0.25) is 0 Å². The monoisotopic (exact) mass is 388 g/mol. The van der Waals surface area contributed by atoms with Crippen LogP contribution >= 0.6 is 11.3 Å². The van der Waals surface area contributed by atoms with Crippen LogP contribution in [-0.4, -0.2) is 22.4 Å². The predicted octanol–water partition coefficient (Wildman–Crippen LogP) is 3.82. The highest BCUT2D eigenvalue weighted by Gasteiger charge is 2.21. The van der Waals surface area contributed by atoms with E-state index in [1.165, 1.54) is 27.7 Å². The highest BCUT2D eigenvalue weighted by atomic mass is 32.1. The number of hydrogen-bond donors (Lipinski definition) is 0. The van der Waals surface area contributed by atoms with Crippen molar-refractivity contribution >= 4 is 17.2 Å². The summed E-state index contributed by atoms with van der Waals surface area (Å²) in [5.41, 5.74) is 1.67. The van der Waals surface area contributed by atoms with Gasteiger partial charge in [0.15, 0.2) is 0 Å². The van der Waals surface area contributed by atoms with Gasteiger partial charge in [-0.1, -0.05) is 41.7 Å². The Morgan fingerprint density at radius 2 is 1.78 bits per heavy atom. The maximum atomic E-state index is 13.9. The average molecular weight is 388 g/mol. The Morgan fingerprint density at radius 3 is 2.44 bits per heavy atom. The molecule has 0 aliphatic heterocycles. The van der Waals surface area contributed by atoms with E-state index in [-0.39, 0.29) is 29.7 Å². The van der Waals surface area contributed by atoms with Crippen molar-refractivity contribution in [3.63, 3.8) is 0 Å². The minimum atomic E-state index is -0.392. The molecule has 3 aromatic rings. The summed E-state index contributed by atoms with van der Waals surface area (Å²) in [6.45, 7) is 2.04. The van der Waals surface area contributed by atoms with E-state index in [4.69, 9.17) is 0 Å². The van der Waals surface area contributed by atoms with Crippen LogP contribution in [0.1, 0.15) is 26.5 Å². The summed E-state index contributed by atoms with van der Waals surface area (Å²) >= 11 is 0.849. The fourth-order valence-corrected chi connectivity index (χ4v) is 3.75. The topological polar surface area (TPSA) is 42.3 Å². The second kappa shape index (κ2) is 7.84. The zero-order valence-electron chi connectivity index (χ0n) is 14.9. The Hall–Kier alpha value is -2.80. The van der Waals surface area contributed by atoms with Gasteiger partial charge in [-0.15, -0.1) is 0 Å². The molecule has 0 fully saturated rings. The maximum absolute atomic E-state index is 13.9. The Balaban J connectivity index is 1.82. The van der Waals surface area contributed by atoms with E-state index < -0.39 is 5.82 Å². The first-order valence-electron chi connectivity index (χ1n) is 8.30. The summed E-state index contributed by atoms with van der Waals surface area (Å²) in [7, 11) is 1.62. The smallest absolute Gasteiger partial charge is 0.308 e. The molecule has 0 saturated carbocycles. The van der Waals surface area contributed by atoms with E-state index in [1.54, 1.807) is 44.3 Å². The van der Waals surface area contributed by atoms with Crippen molar-refractivity contribution in [3.8, 4) is 0 Å². The van der Waals surface area contributed by atoms with Gasteiger partial charge in [0, 0.05) is 24.8 Å². The summed E-state index contributed by atoms with van der Waals surface area (Å²) in [5, 5.41) is 0. The molecule has 1 aromatic heterocycles. The number of carbonyl (C=O) groups is 1. The molecule has 0 bridgehead atoms. The molecule has 0 unspecified atom stereocenters. The number of carbonyl (C=O) groups excluding carboxylic acids is 1. The van der Waals surface area contributed by atoms with E-state index >= 15 is 0 Å². The average Bonchev–Trinajstić information content (AvgIpc) is 2.93. The molecular formula is C20H18F2N2O2S. The van der Waals surface area contributed by atoms with Crippen LogP contribution in [0.4, 0.5) is 8.78 Å². The third-order valence-electron chi connectivity index (χ3n) is 4.30. The standard InChI is InChI=1S/C20H18F2N2O2S/c1-13-18(19(25)23(2)11-14-7-9-16(21)10-8-14)27-20(26)24(13)12-15-5-3-4-6-17(15)22/h3-10H,11-12H2,1-2H3. The van der Waals surface area contributed by atoms with E-state index in [9.17, 15) is 18.4 Å². The normalized spacial score (nSPS) is 10.8. The fraction of sp³-hybridized carbons (Fsp3) is 0.200. The summed E-state index contributed by atoms with van der Waals surface area (Å²) < 4.78 is 28.3. The lowest BCUT2D eigenvalue weighted by Gasteiger charge is -2.17. The molecule has 4 nitrogen and oxygen atoms in total. The first-order chi connectivity index (χ1) is 12.9. The van der Waals surface area contributed by atoms with Crippen LogP contribution in [0.3, 0.4) is 0 Å². The molecule has 0 saturated heterocycles. The third kappa shape index (κ3) is 4.14. The lowest BCUT2D eigenvalue weighted by atomic mass is 10.2. The molecule has 2 aromatic carbocycles. The quantitative estimate of drug-likeness (QED) is 0.667. The van der Waals surface area contributed by atoms with Crippen LogP contribution < -0.4 is 4.87 Å². The zero-order valence-corrected chi connectivity index (χ0v) is 15.7. The molecule has 140 valence electrons. The van der Waals surface area contributed by atoms with Crippen molar-refractivity contribution < 1.29 is 13.6 Å². The van der Waals surface area contributed by atoms with E-state index in [0.717, 1.165) is 16.9 Å². The van der Waals surface area contributed by atoms with Gasteiger partial charge >= 0.3 is 4.87 Å². The number of aromatic nitrogens is 1. The van der Waals surface area contributed by atoms with Crippen LogP contribution in [0.5, 0.6) is 0 Å². The molecule has 0 aliphatic rings. The van der Waals surface area contributed by atoms with Crippen LogP contribution in [-0.2, 0) is 13.1 Å². The number of rotatable bonds is 5. The molecule has 1 amide bonds. The molecule has 1 heterocycles. The van der Waals surface area contributed by atoms with Crippen molar-refractivity contribution in [2.75, 3.05) is 7.05 Å². The highest BCUT2D eigenvalue weighted by Crippen LogP contribution is 2.18. The van der Waals surface area contributed by atoms with Crippen LogP contribution in [0, 0.1) is 18.6 Å². The summed E-state index contributed by atoms with van der Waals surface area (Å²) in [6.07, 6.45) is 0. The summed E-state index contributed by atoms with van der Waals surface area (Å²) in [4.78, 5) is 26.6. The van der Waals surface area contributed by atoms with Crippen LogP contribution in [0.15, 0.2) is 53.3 Å². The first kappa shape index (κ1) is 19.0. The summed E-state index contributed by atoms with van der Waals surface area (Å²) in [5.74, 6) is -1.03. The Labute approximate surface area is 159 Å². The molecule has 7 heteroatoms. The van der Waals surface area contributed by atoms with Gasteiger partial charge < -0.3 is 4.90 Å². The Bertz CT molecular complexity index is 1030. The van der Waals surface area contributed by atoms with Gasteiger partial charge in [-0.3, -0.25) is 14.2 Å². The second-order valence-electron chi connectivity index (χ2n) is 6.25.